The molecule has 1 N–H and O–H groups in total. The topological polar surface area (TPSA) is 74.8 Å². The number of benzene rings is 1. The summed E-state index contributed by atoms with van der Waals surface area (Å²) in [5, 5.41) is 2.96. The Balaban J connectivity index is 1.28. The first kappa shape index (κ1) is 19.2. The van der Waals surface area contributed by atoms with Crippen molar-refractivity contribution in [2.75, 3.05) is 31.6 Å². The highest BCUT2D eigenvalue weighted by atomic mass is 16.5. The van der Waals surface area contributed by atoms with E-state index in [-0.39, 0.29) is 17.7 Å². The van der Waals surface area contributed by atoms with E-state index in [2.05, 4.69) is 15.2 Å². The molecule has 1 unspecified atom stereocenters. The van der Waals surface area contributed by atoms with Gasteiger partial charge in [0.05, 0.1) is 24.5 Å². The van der Waals surface area contributed by atoms with Crippen molar-refractivity contribution in [2.24, 2.45) is 5.92 Å². The number of anilines is 1. The molecule has 2 amide bonds. The number of para-hydroxylation sites is 2. The largest absolute Gasteiger partial charge is 0.477 e. The number of ether oxygens (including phenoxy) is 1. The molecule has 0 saturated carbocycles. The van der Waals surface area contributed by atoms with Crippen LogP contribution in [0.3, 0.4) is 0 Å². The van der Waals surface area contributed by atoms with Gasteiger partial charge in [-0.1, -0.05) is 18.2 Å². The van der Waals surface area contributed by atoms with Gasteiger partial charge in [-0.25, -0.2) is 0 Å². The summed E-state index contributed by atoms with van der Waals surface area (Å²) < 4.78 is 5.96. The lowest BCUT2D eigenvalue weighted by Gasteiger charge is -2.37. The van der Waals surface area contributed by atoms with E-state index in [0.717, 1.165) is 17.1 Å². The van der Waals surface area contributed by atoms with Gasteiger partial charge < -0.3 is 19.9 Å². The van der Waals surface area contributed by atoms with Gasteiger partial charge in [0.25, 0.3) is 5.91 Å². The molecular weight excluding hydrogens is 368 g/mol. The summed E-state index contributed by atoms with van der Waals surface area (Å²) in [7, 11) is 1.97. The second kappa shape index (κ2) is 8.51. The number of carbonyl (C=O) groups is 2. The van der Waals surface area contributed by atoms with Gasteiger partial charge >= 0.3 is 0 Å². The zero-order valence-electron chi connectivity index (χ0n) is 16.6. The minimum absolute atomic E-state index is 0.00121. The fourth-order valence-corrected chi connectivity index (χ4v) is 3.93. The zero-order valence-corrected chi connectivity index (χ0v) is 16.6. The van der Waals surface area contributed by atoms with Gasteiger partial charge in [0.2, 0.25) is 5.91 Å². The van der Waals surface area contributed by atoms with E-state index in [0.29, 0.717) is 39.0 Å². The van der Waals surface area contributed by atoms with Crippen molar-refractivity contribution in [3.05, 3.63) is 54.4 Å². The maximum atomic E-state index is 13.0. The van der Waals surface area contributed by atoms with Crippen LogP contribution in [0.1, 0.15) is 18.5 Å². The third kappa shape index (κ3) is 4.34. The first-order valence-corrected chi connectivity index (χ1v) is 10.0. The number of amides is 2. The molecule has 0 bridgehead atoms. The van der Waals surface area contributed by atoms with Crippen LogP contribution in [-0.2, 0) is 16.1 Å². The molecule has 1 atom stereocenters. The van der Waals surface area contributed by atoms with Crippen LogP contribution in [0.5, 0.6) is 5.75 Å². The van der Waals surface area contributed by atoms with Crippen LogP contribution >= 0.6 is 0 Å². The molecule has 4 rings (SSSR count). The number of hydrogen-bond donors (Lipinski definition) is 1. The van der Waals surface area contributed by atoms with Crippen molar-refractivity contribution in [3.8, 4) is 5.75 Å². The monoisotopic (exact) mass is 394 g/mol. The summed E-state index contributed by atoms with van der Waals surface area (Å²) in [4.78, 5) is 33.5. The fraction of sp³-hybridized carbons (Fsp3) is 0.409. The lowest BCUT2D eigenvalue weighted by atomic mass is 9.95. The first-order valence-electron chi connectivity index (χ1n) is 10.0. The predicted octanol–water partition coefficient (Wildman–Crippen LogP) is 1.83. The maximum absolute atomic E-state index is 13.0. The smallest absolute Gasteiger partial charge is 0.265 e. The number of nitrogens with zero attached hydrogens (tertiary/aromatic N) is 3. The van der Waals surface area contributed by atoms with E-state index in [9.17, 15) is 9.59 Å². The fourth-order valence-electron chi connectivity index (χ4n) is 3.93. The van der Waals surface area contributed by atoms with Crippen molar-refractivity contribution in [2.45, 2.75) is 25.5 Å². The third-order valence-electron chi connectivity index (χ3n) is 5.61. The average molecular weight is 394 g/mol. The number of pyridine rings is 1. The Labute approximate surface area is 170 Å². The molecule has 1 aromatic heterocycles. The minimum Gasteiger partial charge on any atom is -0.477 e. The predicted molar refractivity (Wildman–Crippen MR) is 110 cm³/mol. The number of fused-ring (bicyclic) bond motifs is 1. The van der Waals surface area contributed by atoms with Crippen LogP contribution in [0, 0.1) is 5.92 Å². The first-order chi connectivity index (χ1) is 14.1. The van der Waals surface area contributed by atoms with Crippen molar-refractivity contribution < 1.29 is 14.3 Å². The second-order valence-electron chi connectivity index (χ2n) is 7.59. The molecule has 29 heavy (non-hydrogen) atoms. The number of likely N-dealkylation sites (tertiary alicyclic amines) is 1. The van der Waals surface area contributed by atoms with Crippen LogP contribution in [0.4, 0.5) is 5.69 Å². The van der Waals surface area contributed by atoms with Gasteiger partial charge in [-0.15, -0.1) is 0 Å². The van der Waals surface area contributed by atoms with Crippen LogP contribution in [0.2, 0.25) is 0 Å². The molecule has 2 aromatic rings. The Bertz CT molecular complexity index is 865. The van der Waals surface area contributed by atoms with E-state index < -0.39 is 6.10 Å². The van der Waals surface area contributed by atoms with E-state index >= 15 is 0 Å². The third-order valence-corrected chi connectivity index (χ3v) is 5.61. The molecule has 1 fully saturated rings. The number of hydrogen-bond acceptors (Lipinski definition) is 5. The lowest BCUT2D eigenvalue weighted by molar-refractivity contribution is -0.141. The number of aromatic nitrogens is 1. The highest BCUT2D eigenvalue weighted by molar-refractivity contribution is 5.84. The summed E-state index contributed by atoms with van der Waals surface area (Å²) in [6.45, 7) is 2.11. The van der Waals surface area contributed by atoms with Crippen molar-refractivity contribution >= 4 is 17.5 Å². The summed E-state index contributed by atoms with van der Waals surface area (Å²) in [5.74, 6) is 0.700. The molecule has 0 radical (unpaired) electrons. The quantitative estimate of drug-likeness (QED) is 0.857. The summed E-state index contributed by atoms with van der Waals surface area (Å²) in [6.07, 6.45) is 2.54. The molecule has 3 heterocycles. The Morgan fingerprint density at radius 3 is 2.66 bits per heavy atom. The summed E-state index contributed by atoms with van der Waals surface area (Å²) in [6, 6.07) is 13.4. The van der Waals surface area contributed by atoms with Crippen LogP contribution in [0.15, 0.2) is 48.7 Å². The molecule has 2 aliphatic heterocycles. The summed E-state index contributed by atoms with van der Waals surface area (Å²) >= 11 is 0. The van der Waals surface area contributed by atoms with E-state index in [1.165, 1.54) is 0 Å². The van der Waals surface area contributed by atoms with Crippen molar-refractivity contribution in [3.63, 3.8) is 0 Å². The van der Waals surface area contributed by atoms with Crippen molar-refractivity contribution in [1.29, 1.82) is 0 Å². The highest BCUT2D eigenvalue weighted by Crippen LogP contribution is 2.32. The normalized spacial score (nSPS) is 19.3. The summed E-state index contributed by atoms with van der Waals surface area (Å²) in [5.41, 5.74) is 1.84. The minimum atomic E-state index is -0.510. The molecule has 1 aromatic carbocycles. The molecule has 1 saturated heterocycles. The van der Waals surface area contributed by atoms with E-state index in [4.69, 9.17) is 4.74 Å². The SMILES string of the molecule is CN1CC(C(=O)N2CCC(C(=O)NCc3ccccn3)CC2)Oc2ccccc21. The number of nitrogens with one attached hydrogen (secondary N) is 1. The molecule has 152 valence electrons. The molecule has 7 nitrogen and oxygen atoms in total. The van der Waals surface area contributed by atoms with Crippen LogP contribution < -0.4 is 15.0 Å². The Kier molecular flexibility index (Phi) is 5.64. The molecular formula is C22H26N4O3. The zero-order chi connectivity index (χ0) is 20.2. The van der Waals surface area contributed by atoms with E-state index in [1.807, 2.05) is 54.4 Å². The van der Waals surface area contributed by atoms with Gasteiger partial charge in [-0.3, -0.25) is 14.6 Å². The molecule has 7 heteroatoms. The highest BCUT2D eigenvalue weighted by Gasteiger charge is 2.35. The van der Waals surface area contributed by atoms with Gasteiger partial charge in [0.1, 0.15) is 5.75 Å². The number of carbonyl (C=O) groups excluding carboxylic acids is 2. The van der Waals surface area contributed by atoms with E-state index in [1.54, 1.807) is 6.20 Å². The molecule has 0 aliphatic carbocycles. The van der Waals surface area contributed by atoms with Gasteiger partial charge in [-0.05, 0) is 37.1 Å². The number of rotatable bonds is 4. The Morgan fingerprint density at radius 2 is 1.90 bits per heavy atom. The van der Waals surface area contributed by atoms with Crippen LogP contribution in [-0.4, -0.2) is 54.5 Å². The molecule has 0 spiro atoms. The standard InChI is InChI=1S/C22H26N4O3/c1-25-15-20(29-19-8-3-2-7-18(19)25)22(28)26-12-9-16(10-13-26)21(27)24-14-17-6-4-5-11-23-17/h2-8,11,16,20H,9-10,12-15H2,1H3,(H,24,27). The Morgan fingerprint density at radius 1 is 1.14 bits per heavy atom. The lowest BCUT2D eigenvalue weighted by Crippen LogP contribution is -2.52. The number of likely N-dealkylation sites (N-methyl/N-ethyl adjacent to an activating group) is 1. The van der Waals surface area contributed by atoms with Gasteiger partial charge in [0.15, 0.2) is 6.10 Å². The molecule has 2 aliphatic rings. The van der Waals surface area contributed by atoms with Gasteiger partial charge in [0, 0.05) is 32.3 Å². The van der Waals surface area contributed by atoms with Crippen molar-refractivity contribution in [1.82, 2.24) is 15.2 Å². The average Bonchev–Trinajstić information content (AvgIpc) is 2.78. The van der Waals surface area contributed by atoms with Gasteiger partial charge in [-0.2, -0.15) is 0 Å². The second-order valence-corrected chi connectivity index (χ2v) is 7.59. The Hall–Kier alpha value is -3.09. The number of piperidine rings is 1. The maximum Gasteiger partial charge on any atom is 0.265 e. The van der Waals surface area contributed by atoms with Crippen LogP contribution in [0.25, 0.3) is 0 Å².